The molecule has 0 aliphatic rings. The zero-order chi connectivity index (χ0) is 13.1. The number of benzene rings is 2. The molecule has 0 radical (unpaired) electrons. The van der Waals surface area contributed by atoms with Crippen LogP contribution in [-0.4, -0.2) is 5.11 Å². The second-order valence-corrected chi connectivity index (χ2v) is 4.20. The molecular formula is C13H10ClF2NO. The SMILES string of the molecule is Oc1cc(F)cc(CNc2ccc(F)cc2Cl)c1. The third-order valence-electron chi connectivity index (χ3n) is 2.36. The summed E-state index contributed by atoms with van der Waals surface area (Å²) < 4.78 is 25.8. The highest BCUT2D eigenvalue weighted by Gasteiger charge is 2.03. The standard InChI is InChI=1S/C13H10ClF2NO/c14-12-6-9(15)1-2-13(12)17-7-8-3-10(16)5-11(18)4-8/h1-6,17-18H,7H2. The van der Waals surface area contributed by atoms with Crippen LogP contribution >= 0.6 is 11.6 Å². The molecule has 2 aromatic carbocycles. The number of halogens is 3. The normalized spacial score (nSPS) is 10.4. The largest absolute Gasteiger partial charge is 0.508 e. The van der Waals surface area contributed by atoms with Crippen LogP contribution in [0.15, 0.2) is 36.4 Å². The lowest BCUT2D eigenvalue weighted by Gasteiger charge is -2.09. The van der Waals surface area contributed by atoms with Gasteiger partial charge in [-0.1, -0.05) is 11.6 Å². The van der Waals surface area contributed by atoms with Gasteiger partial charge in [0, 0.05) is 12.6 Å². The molecule has 2 aromatic rings. The molecule has 2 N–H and O–H groups in total. The van der Waals surface area contributed by atoms with E-state index in [1.807, 2.05) is 0 Å². The fourth-order valence-electron chi connectivity index (χ4n) is 1.57. The van der Waals surface area contributed by atoms with E-state index in [0.717, 1.165) is 6.07 Å². The van der Waals surface area contributed by atoms with E-state index in [9.17, 15) is 13.9 Å². The molecule has 0 aromatic heterocycles. The van der Waals surface area contributed by atoms with Crippen LogP contribution in [0.2, 0.25) is 5.02 Å². The van der Waals surface area contributed by atoms with Crippen LogP contribution < -0.4 is 5.32 Å². The monoisotopic (exact) mass is 269 g/mol. The molecule has 0 unspecified atom stereocenters. The minimum atomic E-state index is -0.517. The van der Waals surface area contributed by atoms with Gasteiger partial charge in [-0.05, 0) is 35.9 Å². The molecule has 18 heavy (non-hydrogen) atoms. The third-order valence-corrected chi connectivity index (χ3v) is 2.67. The Bertz CT molecular complexity index is 555. The van der Waals surface area contributed by atoms with E-state index in [1.165, 1.54) is 30.3 Å². The summed E-state index contributed by atoms with van der Waals surface area (Å²) in [6.07, 6.45) is 0. The fraction of sp³-hybridized carbons (Fsp3) is 0.0769. The molecule has 0 atom stereocenters. The van der Waals surface area contributed by atoms with Crippen LogP contribution in [0.25, 0.3) is 0 Å². The maximum atomic E-state index is 13.0. The molecule has 0 spiro atoms. The van der Waals surface area contributed by atoms with Gasteiger partial charge >= 0.3 is 0 Å². The topological polar surface area (TPSA) is 32.3 Å². The summed E-state index contributed by atoms with van der Waals surface area (Å²) in [5.74, 6) is -1.08. The van der Waals surface area contributed by atoms with Gasteiger partial charge in [-0.3, -0.25) is 0 Å². The Kier molecular flexibility index (Phi) is 3.67. The van der Waals surface area contributed by atoms with E-state index in [1.54, 1.807) is 0 Å². The Balaban J connectivity index is 2.11. The number of aromatic hydroxyl groups is 1. The van der Waals surface area contributed by atoms with Crippen LogP contribution in [0.1, 0.15) is 5.56 Å². The van der Waals surface area contributed by atoms with Crippen LogP contribution in [0, 0.1) is 11.6 Å². The third kappa shape index (κ3) is 3.11. The first-order valence-corrected chi connectivity index (χ1v) is 5.60. The van der Waals surface area contributed by atoms with Crippen molar-refractivity contribution in [1.82, 2.24) is 0 Å². The first-order chi connectivity index (χ1) is 8.54. The second-order valence-electron chi connectivity index (χ2n) is 3.80. The summed E-state index contributed by atoms with van der Waals surface area (Å²) in [6, 6.07) is 7.72. The highest BCUT2D eigenvalue weighted by atomic mass is 35.5. The van der Waals surface area contributed by atoms with Crippen molar-refractivity contribution in [3.05, 3.63) is 58.6 Å². The summed E-state index contributed by atoms with van der Waals surface area (Å²) in [4.78, 5) is 0. The van der Waals surface area contributed by atoms with Crippen LogP contribution in [0.3, 0.4) is 0 Å². The Hall–Kier alpha value is -1.81. The molecule has 2 rings (SSSR count). The van der Waals surface area contributed by atoms with Crippen LogP contribution in [0.4, 0.5) is 14.5 Å². The van der Waals surface area contributed by atoms with Gasteiger partial charge in [0.1, 0.15) is 17.4 Å². The van der Waals surface area contributed by atoms with E-state index in [2.05, 4.69) is 5.32 Å². The highest BCUT2D eigenvalue weighted by molar-refractivity contribution is 6.33. The quantitative estimate of drug-likeness (QED) is 0.885. The first kappa shape index (κ1) is 12.6. The van der Waals surface area contributed by atoms with E-state index in [4.69, 9.17) is 11.6 Å². The number of phenols is 1. The van der Waals surface area contributed by atoms with Crippen molar-refractivity contribution >= 4 is 17.3 Å². The molecule has 0 aliphatic heterocycles. The van der Waals surface area contributed by atoms with Gasteiger partial charge in [-0.15, -0.1) is 0 Å². The Labute approximate surface area is 108 Å². The minimum absolute atomic E-state index is 0.142. The Morgan fingerprint density at radius 1 is 1.06 bits per heavy atom. The van der Waals surface area contributed by atoms with Crippen molar-refractivity contribution in [3.8, 4) is 5.75 Å². The number of rotatable bonds is 3. The van der Waals surface area contributed by atoms with Crippen molar-refractivity contribution in [1.29, 1.82) is 0 Å². The van der Waals surface area contributed by atoms with Crippen molar-refractivity contribution < 1.29 is 13.9 Å². The van der Waals surface area contributed by atoms with Crippen molar-refractivity contribution in [3.63, 3.8) is 0 Å². The van der Waals surface area contributed by atoms with Gasteiger partial charge in [-0.25, -0.2) is 8.78 Å². The molecule has 0 saturated carbocycles. The Morgan fingerprint density at radius 2 is 1.83 bits per heavy atom. The molecule has 0 aliphatic carbocycles. The molecule has 0 heterocycles. The van der Waals surface area contributed by atoms with Crippen LogP contribution in [-0.2, 0) is 6.54 Å². The molecule has 5 heteroatoms. The van der Waals surface area contributed by atoms with Gasteiger partial charge in [0.25, 0.3) is 0 Å². The molecule has 0 bridgehead atoms. The molecule has 0 saturated heterocycles. The smallest absolute Gasteiger partial charge is 0.127 e. The number of hydrogen-bond acceptors (Lipinski definition) is 2. The molecule has 0 fully saturated rings. The van der Waals surface area contributed by atoms with E-state index in [0.29, 0.717) is 11.3 Å². The van der Waals surface area contributed by atoms with Crippen LogP contribution in [0.5, 0.6) is 5.75 Å². The Morgan fingerprint density at radius 3 is 2.50 bits per heavy atom. The van der Waals surface area contributed by atoms with E-state index < -0.39 is 11.6 Å². The maximum Gasteiger partial charge on any atom is 0.127 e. The van der Waals surface area contributed by atoms with Gasteiger partial charge in [0.15, 0.2) is 0 Å². The lowest BCUT2D eigenvalue weighted by Crippen LogP contribution is -2.00. The molecule has 0 amide bonds. The lowest BCUT2D eigenvalue weighted by molar-refractivity contribution is 0.468. The number of nitrogens with one attached hydrogen (secondary N) is 1. The summed E-state index contributed by atoms with van der Waals surface area (Å²) in [5, 5.41) is 12.4. The van der Waals surface area contributed by atoms with E-state index in [-0.39, 0.29) is 17.3 Å². The predicted octanol–water partition coefficient (Wildman–Crippen LogP) is 3.94. The summed E-state index contributed by atoms with van der Waals surface area (Å²) in [6.45, 7) is 0.274. The fourth-order valence-corrected chi connectivity index (χ4v) is 1.80. The van der Waals surface area contributed by atoms with Crippen molar-refractivity contribution in [2.45, 2.75) is 6.54 Å². The maximum absolute atomic E-state index is 13.0. The van der Waals surface area contributed by atoms with Crippen molar-refractivity contribution in [2.24, 2.45) is 0 Å². The van der Waals surface area contributed by atoms with Gasteiger partial charge in [0.2, 0.25) is 0 Å². The number of phenolic OH excluding ortho intramolecular Hbond substituents is 1. The van der Waals surface area contributed by atoms with Gasteiger partial charge in [-0.2, -0.15) is 0 Å². The van der Waals surface area contributed by atoms with Crippen molar-refractivity contribution in [2.75, 3.05) is 5.32 Å². The number of hydrogen-bond donors (Lipinski definition) is 2. The highest BCUT2D eigenvalue weighted by Crippen LogP contribution is 2.23. The molecule has 94 valence electrons. The average molecular weight is 270 g/mol. The first-order valence-electron chi connectivity index (χ1n) is 5.22. The average Bonchev–Trinajstić information content (AvgIpc) is 2.26. The van der Waals surface area contributed by atoms with Gasteiger partial charge in [0.05, 0.1) is 10.7 Å². The zero-order valence-corrected chi connectivity index (χ0v) is 10.0. The molecular weight excluding hydrogens is 260 g/mol. The minimum Gasteiger partial charge on any atom is -0.508 e. The molecule has 2 nitrogen and oxygen atoms in total. The van der Waals surface area contributed by atoms with Gasteiger partial charge < -0.3 is 10.4 Å². The lowest BCUT2D eigenvalue weighted by atomic mass is 10.2. The number of anilines is 1. The summed E-state index contributed by atoms with van der Waals surface area (Å²) in [5.41, 5.74) is 1.11. The second kappa shape index (κ2) is 5.23. The zero-order valence-electron chi connectivity index (χ0n) is 9.25. The summed E-state index contributed by atoms with van der Waals surface area (Å²) >= 11 is 5.83. The summed E-state index contributed by atoms with van der Waals surface area (Å²) in [7, 11) is 0. The van der Waals surface area contributed by atoms with E-state index >= 15 is 0 Å². The predicted molar refractivity (Wildman–Crippen MR) is 66.8 cm³/mol.